The van der Waals surface area contributed by atoms with E-state index < -0.39 is 0 Å². The zero-order chi connectivity index (χ0) is 25.5. The van der Waals surface area contributed by atoms with Crippen LogP contribution in [0.5, 0.6) is 0 Å². The fourth-order valence-corrected chi connectivity index (χ4v) is 6.03. The highest BCUT2D eigenvalue weighted by Gasteiger charge is 2.32. The van der Waals surface area contributed by atoms with Crippen LogP contribution >= 0.6 is 22.6 Å². The summed E-state index contributed by atoms with van der Waals surface area (Å²) in [6.07, 6.45) is 5.90. The van der Waals surface area contributed by atoms with E-state index in [4.69, 9.17) is 5.73 Å². The number of carbonyl (C=O) groups excluding carboxylic acids is 1. The lowest BCUT2D eigenvalue weighted by molar-refractivity contribution is 0.0950. The van der Waals surface area contributed by atoms with Gasteiger partial charge in [-0.25, -0.2) is 0 Å². The number of aromatic nitrogens is 3. The van der Waals surface area contributed by atoms with Crippen LogP contribution in [-0.2, 0) is 13.6 Å². The van der Waals surface area contributed by atoms with Crippen molar-refractivity contribution < 1.29 is 4.79 Å². The van der Waals surface area contributed by atoms with E-state index in [1.807, 2.05) is 43.9 Å². The van der Waals surface area contributed by atoms with Gasteiger partial charge in [0.1, 0.15) is 0 Å². The topological polar surface area (TPSA) is 109 Å². The highest BCUT2D eigenvalue weighted by Crippen LogP contribution is 2.38. The number of carbonyl (C=O) groups is 1. The average molecular weight is 591 g/mol. The van der Waals surface area contributed by atoms with Gasteiger partial charge in [-0.3, -0.25) is 14.3 Å². The summed E-state index contributed by atoms with van der Waals surface area (Å²) in [4.78, 5) is 31.1. The van der Waals surface area contributed by atoms with Crippen LogP contribution in [0.25, 0.3) is 10.9 Å². The molecular formula is C26H35IN6O2. The number of rotatable bonds is 6. The fraction of sp³-hybridized carbons (Fsp3) is 0.500. The van der Waals surface area contributed by atoms with Gasteiger partial charge in [-0.05, 0) is 99.2 Å². The number of nitrogens with one attached hydrogen (secondary N) is 2. The highest BCUT2D eigenvalue weighted by atomic mass is 127. The van der Waals surface area contributed by atoms with Crippen LogP contribution in [-0.4, -0.2) is 38.8 Å². The Kier molecular flexibility index (Phi) is 7.28. The van der Waals surface area contributed by atoms with Crippen LogP contribution in [0, 0.1) is 17.5 Å². The Hall–Kier alpha value is -2.40. The molecule has 3 aromatic rings. The van der Waals surface area contributed by atoms with E-state index in [9.17, 15) is 9.59 Å². The third kappa shape index (κ3) is 5.11. The molecule has 0 spiro atoms. The van der Waals surface area contributed by atoms with E-state index in [0.29, 0.717) is 17.2 Å². The number of aryl methyl sites for hydroxylation is 2. The summed E-state index contributed by atoms with van der Waals surface area (Å²) >= 11 is 2.08. The van der Waals surface area contributed by atoms with Crippen molar-refractivity contribution in [1.82, 2.24) is 20.1 Å². The molecule has 0 atom stereocenters. The first kappa shape index (κ1) is 25.7. The molecule has 0 radical (unpaired) electrons. The van der Waals surface area contributed by atoms with E-state index in [1.54, 1.807) is 0 Å². The Morgan fingerprint density at radius 1 is 1.34 bits per heavy atom. The Bertz CT molecular complexity index is 1320. The lowest BCUT2D eigenvalue weighted by Crippen LogP contribution is -2.47. The minimum atomic E-state index is -0.196. The van der Waals surface area contributed by atoms with Gasteiger partial charge in [-0.1, -0.05) is 0 Å². The fourth-order valence-electron chi connectivity index (χ4n) is 5.31. The quantitative estimate of drug-likeness (QED) is 0.298. The van der Waals surface area contributed by atoms with Crippen LogP contribution in [0.1, 0.15) is 66.6 Å². The Morgan fingerprint density at radius 3 is 2.66 bits per heavy atom. The highest BCUT2D eigenvalue weighted by molar-refractivity contribution is 14.1. The van der Waals surface area contributed by atoms with Gasteiger partial charge >= 0.3 is 0 Å². The minimum absolute atomic E-state index is 0.109. The number of H-pyrrole nitrogens is 1. The van der Waals surface area contributed by atoms with Gasteiger partial charge in [0, 0.05) is 48.2 Å². The first-order valence-corrected chi connectivity index (χ1v) is 13.3. The molecule has 188 valence electrons. The Labute approximate surface area is 219 Å². The summed E-state index contributed by atoms with van der Waals surface area (Å²) in [6, 6.07) is 4.18. The Balaban J connectivity index is 1.70. The zero-order valence-electron chi connectivity index (χ0n) is 21.2. The van der Waals surface area contributed by atoms with E-state index in [2.05, 4.69) is 56.7 Å². The number of fused-ring (bicyclic) bond motifs is 1. The molecule has 1 aliphatic rings. The van der Waals surface area contributed by atoms with E-state index in [1.165, 1.54) is 0 Å². The van der Waals surface area contributed by atoms with Crippen LogP contribution in [0.3, 0.4) is 0 Å². The maximum Gasteiger partial charge on any atom is 0.253 e. The SMILES string of the molecule is CCN(c1c(C)c(C(=O)NCc2c(C)cc(I)[nH]c2=O)cc2c1cnn2C)C1CCC(C)(N)CC1. The molecule has 1 fully saturated rings. The molecule has 1 saturated carbocycles. The van der Waals surface area contributed by atoms with Crippen LogP contribution < -0.4 is 21.5 Å². The molecule has 0 unspecified atom stereocenters. The number of anilines is 1. The molecule has 35 heavy (non-hydrogen) atoms. The monoisotopic (exact) mass is 590 g/mol. The maximum absolute atomic E-state index is 13.4. The minimum Gasteiger partial charge on any atom is -0.368 e. The standard InChI is InChI=1S/C26H35IN6O2/c1-6-33(17-7-9-26(4,28)10-8-17)23-16(3)18(12-21-20(23)14-30-32(21)5)24(34)29-13-19-15(2)11-22(27)31-25(19)35/h11-12,14,17H,6-10,13,28H2,1-5H3,(H,29,34)(H,31,35). The number of benzene rings is 1. The van der Waals surface area contributed by atoms with Gasteiger partial charge in [0.25, 0.3) is 11.5 Å². The largest absolute Gasteiger partial charge is 0.368 e. The molecule has 4 N–H and O–H groups in total. The number of aromatic amines is 1. The van der Waals surface area contributed by atoms with Gasteiger partial charge in [-0.2, -0.15) is 5.10 Å². The molecular weight excluding hydrogens is 555 g/mol. The van der Waals surface area contributed by atoms with Crippen LogP contribution in [0.2, 0.25) is 0 Å². The summed E-state index contributed by atoms with van der Waals surface area (Å²) < 4.78 is 2.59. The molecule has 9 heteroatoms. The van der Waals surface area contributed by atoms with Crippen LogP contribution in [0.15, 0.2) is 23.1 Å². The van der Waals surface area contributed by atoms with E-state index in [0.717, 1.165) is 63.6 Å². The molecule has 0 saturated heterocycles. The molecule has 0 aliphatic heterocycles. The predicted molar refractivity (Wildman–Crippen MR) is 149 cm³/mol. The average Bonchev–Trinajstić information content (AvgIpc) is 3.15. The Morgan fingerprint density at radius 2 is 2.03 bits per heavy atom. The number of halogens is 1. The van der Waals surface area contributed by atoms with Crippen molar-refractivity contribution in [3.8, 4) is 0 Å². The molecule has 2 heterocycles. The van der Waals surface area contributed by atoms with Crippen molar-refractivity contribution >= 4 is 45.1 Å². The summed E-state index contributed by atoms with van der Waals surface area (Å²) in [7, 11) is 1.90. The number of pyridine rings is 1. The molecule has 1 aromatic carbocycles. The second-order valence-corrected chi connectivity index (χ2v) is 11.2. The van der Waals surface area contributed by atoms with Crippen molar-refractivity contribution in [2.45, 2.75) is 71.5 Å². The zero-order valence-corrected chi connectivity index (χ0v) is 23.3. The summed E-state index contributed by atoms with van der Waals surface area (Å²) in [6.45, 7) is 9.20. The first-order valence-electron chi connectivity index (χ1n) is 12.2. The lowest BCUT2D eigenvalue weighted by atomic mass is 9.80. The summed E-state index contributed by atoms with van der Waals surface area (Å²) in [5, 5.41) is 8.53. The number of hydrogen-bond acceptors (Lipinski definition) is 5. The third-order valence-electron chi connectivity index (χ3n) is 7.44. The van der Waals surface area contributed by atoms with Gasteiger partial charge in [0.2, 0.25) is 0 Å². The van der Waals surface area contributed by atoms with Crippen molar-refractivity contribution in [2.24, 2.45) is 12.8 Å². The smallest absolute Gasteiger partial charge is 0.253 e. The predicted octanol–water partition coefficient (Wildman–Crippen LogP) is 3.90. The van der Waals surface area contributed by atoms with Crippen molar-refractivity contribution in [1.29, 1.82) is 0 Å². The molecule has 4 rings (SSSR count). The number of nitrogens with two attached hydrogens (primary N) is 1. The number of nitrogens with zero attached hydrogens (tertiary/aromatic N) is 3. The molecule has 0 bridgehead atoms. The van der Waals surface area contributed by atoms with Gasteiger partial charge < -0.3 is 20.9 Å². The lowest BCUT2D eigenvalue weighted by Gasteiger charge is -2.41. The summed E-state index contributed by atoms with van der Waals surface area (Å²) in [5.74, 6) is -0.196. The van der Waals surface area contributed by atoms with Crippen molar-refractivity contribution in [3.05, 3.63) is 54.6 Å². The second kappa shape index (κ2) is 9.93. The summed E-state index contributed by atoms with van der Waals surface area (Å²) in [5.41, 5.74) is 11.1. The van der Waals surface area contributed by atoms with Gasteiger partial charge in [-0.15, -0.1) is 0 Å². The number of amides is 1. The maximum atomic E-state index is 13.4. The van der Waals surface area contributed by atoms with E-state index in [-0.39, 0.29) is 23.6 Å². The molecule has 1 aliphatic carbocycles. The first-order chi connectivity index (χ1) is 16.5. The van der Waals surface area contributed by atoms with Crippen molar-refractivity contribution in [3.63, 3.8) is 0 Å². The van der Waals surface area contributed by atoms with E-state index >= 15 is 0 Å². The molecule has 2 aromatic heterocycles. The number of hydrogen-bond donors (Lipinski definition) is 3. The molecule has 1 amide bonds. The third-order valence-corrected chi connectivity index (χ3v) is 8.02. The second-order valence-electron chi connectivity index (χ2n) is 10.1. The van der Waals surface area contributed by atoms with Gasteiger partial charge in [0.15, 0.2) is 0 Å². The normalized spacial score (nSPS) is 20.3. The van der Waals surface area contributed by atoms with Crippen molar-refractivity contribution in [2.75, 3.05) is 11.4 Å². The van der Waals surface area contributed by atoms with Gasteiger partial charge in [0.05, 0.1) is 21.1 Å². The molecule has 8 nitrogen and oxygen atoms in total. The van der Waals surface area contributed by atoms with Crippen LogP contribution in [0.4, 0.5) is 5.69 Å².